The highest BCUT2D eigenvalue weighted by Crippen LogP contribution is 2.22. The van der Waals surface area contributed by atoms with Crippen LogP contribution in [0.3, 0.4) is 0 Å². The molecule has 1 fully saturated rings. The number of nitriles is 1. The van der Waals surface area contributed by atoms with Gasteiger partial charge in [-0.3, -0.25) is 4.79 Å². The average molecular weight is 223 g/mol. The predicted octanol–water partition coefficient (Wildman–Crippen LogP) is 1.31. The molecule has 4 nitrogen and oxygen atoms in total. The SMILES string of the molecule is N#CCCCCNC(=O)C1CCCCC1N. The van der Waals surface area contributed by atoms with E-state index in [0.29, 0.717) is 13.0 Å². The van der Waals surface area contributed by atoms with Gasteiger partial charge in [0.2, 0.25) is 5.91 Å². The number of hydrogen-bond donors (Lipinski definition) is 2. The van der Waals surface area contributed by atoms with Crippen LogP contribution in [0.4, 0.5) is 0 Å². The summed E-state index contributed by atoms with van der Waals surface area (Å²) < 4.78 is 0. The number of hydrogen-bond acceptors (Lipinski definition) is 3. The third-order valence-corrected chi connectivity index (χ3v) is 3.17. The van der Waals surface area contributed by atoms with Crippen molar-refractivity contribution in [3.05, 3.63) is 0 Å². The van der Waals surface area contributed by atoms with Gasteiger partial charge >= 0.3 is 0 Å². The summed E-state index contributed by atoms with van der Waals surface area (Å²) in [4.78, 5) is 11.8. The molecule has 0 bridgehead atoms. The second kappa shape index (κ2) is 7.24. The molecule has 1 saturated carbocycles. The molecule has 0 radical (unpaired) electrons. The maximum Gasteiger partial charge on any atom is 0.224 e. The van der Waals surface area contributed by atoms with Gasteiger partial charge in [0.25, 0.3) is 0 Å². The summed E-state index contributed by atoms with van der Waals surface area (Å²) in [6, 6.07) is 2.13. The Bertz CT molecular complexity index is 259. The van der Waals surface area contributed by atoms with Crippen LogP contribution in [0.25, 0.3) is 0 Å². The van der Waals surface area contributed by atoms with Gasteiger partial charge < -0.3 is 11.1 Å². The molecule has 90 valence electrons. The molecule has 2 unspecified atom stereocenters. The maximum absolute atomic E-state index is 11.8. The largest absolute Gasteiger partial charge is 0.356 e. The molecule has 0 aliphatic heterocycles. The molecule has 16 heavy (non-hydrogen) atoms. The lowest BCUT2D eigenvalue weighted by Gasteiger charge is -2.27. The van der Waals surface area contributed by atoms with Crippen molar-refractivity contribution < 1.29 is 4.79 Å². The van der Waals surface area contributed by atoms with Crippen molar-refractivity contribution in [1.82, 2.24) is 5.32 Å². The van der Waals surface area contributed by atoms with Crippen LogP contribution in [0.1, 0.15) is 44.9 Å². The van der Waals surface area contributed by atoms with E-state index in [0.717, 1.165) is 38.5 Å². The fourth-order valence-electron chi connectivity index (χ4n) is 2.16. The minimum Gasteiger partial charge on any atom is -0.356 e. The summed E-state index contributed by atoms with van der Waals surface area (Å²) in [6.45, 7) is 0.670. The van der Waals surface area contributed by atoms with Gasteiger partial charge in [0.05, 0.1) is 12.0 Å². The van der Waals surface area contributed by atoms with Crippen LogP contribution in [0.2, 0.25) is 0 Å². The lowest BCUT2D eigenvalue weighted by molar-refractivity contribution is -0.126. The molecule has 0 spiro atoms. The van der Waals surface area contributed by atoms with E-state index in [2.05, 4.69) is 11.4 Å². The van der Waals surface area contributed by atoms with Gasteiger partial charge in [-0.05, 0) is 25.7 Å². The Kier molecular flexibility index (Phi) is 5.87. The van der Waals surface area contributed by atoms with Crippen LogP contribution in [-0.4, -0.2) is 18.5 Å². The van der Waals surface area contributed by atoms with E-state index in [9.17, 15) is 4.79 Å². The van der Waals surface area contributed by atoms with E-state index in [1.54, 1.807) is 0 Å². The van der Waals surface area contributed by atoms with Crippen LogP contribution in [0.15, 0.2) is 0 Å². The van der Waals surface area contributed by atoms with E-state index in [-0.39, 0.29) is 17.9 Å². The number of rotatable bonds is 5. The summed E-state index contributed by atoms with van der Waals surface area (Å²) in [5, 5.41) is 11.3. The van der Waals surface area contributed by atoms with Crippen molar-refractivity contribution in [1.29, 1.82) is 5.26 Å². The standard InChI is InChI=1S/C12H21N3O/c13-8-4-1-5-9-15-12(16)10-6-2-3-7-11(10)14/h10-11H,1-7,9,14H2,(H,15,16). The summed E-state index contributed by atoms with van der Waals surface area (Å²) in [6.07, 6.45) is 6.44. The summed E-state index contributed by atoms with van der Waals surface area (Å²) >= 11 is 0. The topological polar surface area (TPSA) is 78.9 Å². The van der Waals surface area contributed by atoms with E-state index in [4.69, 9.17) is 11.0 Å². The molecule has 0 heterocycles. The second-order valence-corrected chi connectivity index (χ2v) is 4.46. The number of nitrogens with zero attached hydrogens (tertiary/aromatic N) is 1. The van der Waals surface area contributed by atoms with Gasteiger partial charge in [-0.15, -0.1) is 0 Å². The second-order valence-electron chi connectivity index (χ2n) is 4.46. The molecular weight excluding hydrogens is 202 g/mol. The Hall–Kier alpha value is -1.08. The highest BCUT2D eigenvalue weighted by atomic mass is 16.1. The fraction of sp³-hybridized carbons (Fsp3) is 0.833. The maximum atomic E-state index is 11.8. The molecule has 1 rings (SSSR count). The van der Waals surface area contributed by atoms with Crippen LogP contribution in [0.5, 0.6) is 0 Å². The third-order valence-electron chi connectivity index (χ3n) is 3.17. The molecule has 1 aliphatic rings. The minimum atomic E-state index is 0.00437. The smallest absolute Gasteiger partial charge is 0.224 e. The first-order valence-electron chi connectivity index (χ1n) is 6.16. The van der Waals surface area contributed by atoms with E-state index in [1.807, 2.05) is 0 Å². The lowest BCUT2D eigenvalue weighted by atomic mass is 9.84. The Morgan fingerprint density at radius 1 is 1.38 bits per heavy atom. The van der Waals surface area contributed by atoms with Crippen molar-refractivity contribution in [3.63, 3.8) is 0 Å². The number of amides is 1. The molecule has 3 N–H and O–H groups in total. The van der Waals surface area contributed by atoms with Gasteiger partial charge in [-0.25, -0.2) is 0 Å². The first-order valence-corrected chi connectivity index (χ1v) is 6.16. The molecular formula is C12H21N3O. The lowest BCUT2D eigenvalue weighted by Crippen LogP contribution is -2.43. The zero-order valence-electron chi connectivity index (χ0n) is 9.74. The number of nitrogens with two attached hydrogens (primary N) is 1. The monoisotopic (exact) mass is 223 g/mol. The third kappa shape index (κ3) is 4.19. The quantitative estimate of drug-likeness (QED) is 0.690. The normalized spacial score (nSPS) is 24.8. The van der Waals surface area contributed by atoms with Crippen LogP contribution in [0, 0.1) is 17.2 Å². The molecule has 0 saturated heterocycles. The molecule has 0 aromatic carbocycles. The highest BCUT2D eigenvalue weighted by Gasteiger charge is 2.27. The van der Waals surface area contributed by atoms with Crippen molar-refractivity contribution in [2.45, 2.75) is 51.0 Å². The predicted molar refractivity (Wildman–Crippen MR) is 62.4 cm³/mol. The van der Waals surface area contributed by atoms with Gasteiger partial charge in [-0.1, -0.05) is 12.8 Å². The van der Waals surface area contributed by atoms with Crippen molar-refractivity contribution >= 4 is 5.91 Å². The Labute approximate surface area is 97.2 Å². The molecule has 1 amide bonds. The van der Waals surface area contributed by atoms with Gasteiger partial charge in [-0.2, -0.15) is 5.26 Å². The Balaban J connectivity index is 2.16. The number of unbranched alkanes of at least 4 members (excludes halogenated alkanes) is 2. The van der Waals surface area contributed by atoms with E-state index < -0.39 is 0 Å². The molecule has 0 aromatic heterocycles. The number of carbonyl (C=O) groups is 1. The van der Waals surface area contributed by atoms with Crippen molar-refractivity contribution in [2.24, 2.45) is 11.7 Å². The summed E-state index contributed by atoms with van der Waals surface area (Å²) in [5.41, 5.74) is 5.93. The summed E-state index contributed by atoms with van der Waals surface area (Å²) in [7, 11) is 0. The minimum absolute atomic E-state index is 0.00437. The van der Waals surface area contributed by atoms with Crippen LogP contribution in [-0.2, 0) is 4.79 Å². The van der Waals surface area contributed by atoms with Gasteiger partial charge in [0, 0.05) is 19.0 Å². The number of nitrogens with one attached hydrogen (secondary N) is 1. The molecule has 2 atom stereocenters. The first-order chi connectivity index (χ1) is 7.75. The summed E-state index contributed by atoms with van der Waals surface area (Å²) in [5.74, 6) is 0.105. The molecule has 1 aliphatic carbocycles. The number of carbonyl (C=O) groups excluding carboxylic acids is 1. The Morgan fingerprint density at radius 3 is 2.81 bits per heavy atom. The van der Waals surface area contributed by atoms with Crippen molar-refractivity contribution in [3.8, 4) is 6.07 Å². The van der Waals surface area contributed by atoms with E-state index >= 15 is 0 Å². The fourth-order valence-corrected chi connectivity index (χ4v) is 2.16. The first kappa shape index (κ1) is 13.0. The van der Waals surface area contributed by atoms with Crippen molar-refractivity contribution in [2.75, 3.05) is 6.54 Å². The highest BCUT2D eigenvalue weighted by molar-refractivity contribution is 5.79. The van der Waals surface area contributed by atoms with Gasteiger partial charge in [0.1, 0.15) is 0 Å². The van der Waals surface area contributed by atoms with E-state index in [1.165, 1.54) is 0 Å². The van der Waals surface area contributed by atoms with Crippen LogP contribution >= 0.6 is 0 Å². The molecule has 4 heteroatoms. The molecule has 0 aromatic rings. The zero-order valence-corrected chi connectivity index (χ0v) is 9.74. The van der Waals surface area contributed by atoms with Crippen LogP contribution < -0.4 is 11.1 Å². The Morgan fingerprint density at radius 2 is 2.12 bits per heavy atom. The van der Waals surface area contributed by atoms with Gasteiger partial charge in [0.15, 0.2) is 0 Å². The average Bonchev–Trinajstić information content (AvgIpc) is 2.29. The zero-order chi connectivity index (χ0) is 11.8.